The van der Waals surface area contributed by atoms with Gasteiger partial charge in [-0.15, -0.1) is 0 Å². The van der Waals surface area contributed by atoms with E-state index in [4.69, 9.17) is 9.68 Å². The lowest BCUT2D eigenvalue weighted by molar-refractivity contribution is 0.119. The first kappa shape index (κ1) is 22.2. The molecule has 1 fully saturated rings. The van der Waals surface area contributed by atoms with E-state index in [1.165, 1.54) is 5.56 Å². The van der Waals surface area contributed by atoms with Crippen molar-refractivity contribution in [3.63, 3.8) is 0 Å². The Bertz CT molecular complexity index is 1470. The van der Waals surface area contributed by atoms with Gasteiger partial charge in [-0.3, -0.25) is 14.4 Å². The third-order valence-electron chi connectivity index (χ3n) is 7.01. The quantitative estimate of drug-likeness (QED) is 0.462. The molecule has 0 spiro atoms. The van der Waals surface area contributed by atoms with Crippen molar-refractivity contribution in [1.82, 2.24) is 24.2 Å². The molecule has 9 heteroatoms. The highest BCUT2D eigenvalue weighted by Crippen LogP contribution is 2.33. The second-order valence-electron chi connectivity index (χ2n) is 9.33. The molecule has 34 heavy (non-hydrogen) atoms. The zero-order chi connectivity index (χ0) is 24.1. The topological polar surface area (TPSA) is 96.1 Å². The van der Waals surface area contributed by atoms with Crippen molar-refractivity contribution < 1.29 is 4.42 Å². The molecule has 3 aromatic heterocycles. The van der Waals surface area contributed by atoms with E-state index >= 15 is 0 Å². The van der Waals surface area contributed by atoms with Crippen LogP contribution in [-0.2, 0) is 13.6 Å². The number of hydrogen-bond donors (Lipinski definition) is 0. The van der Waals surface area contributed by atoms with Crippen molar-refractivity contribution in [2.45, 2.75) is 52.4 Å². The van der Waals surface area contributed by atoms with Gasteiger partial charge in [0.1, 0.15) is 17.6 Å². The Morgan fingerprint density at radius 1 is 1.24 bits per heavy atom. The smallest absolute Gasteiger partial charge is 0.252 e. The standard InChI is InChI=1S/C25H29N7O2/c1-15-13-32(21-11-24(33)29(5)22-14-30(9-8-26)28-25(21)22)16(2)12-31(15)17(3)19-6-7-23-20(10-19)27-18(4)34-23/h6-7,10-11,14-17H,9,12-13H2,1-5H3/t15-,16+,17?/m1/s1. The summed E-state index contributed by atoms with van der Waals surface area (Å²) in [5.74, 6) is 0.674. The number of anilines is 1. The average molecular weight is 460 g/mol. The highest BCUT2D eigenvalue weighted by molar-refractivity contribution is 5.88. The maximum atomic E-state index is 12.7. The molecular weight excluding hydrogens is 430 g/mol. The van der Waals surface area contributed by atoms with Gasteiger partial charge in [0, 0.05) is 51.3 Å². The second-order valence-corrected chi connectivity index (χ2v) is 9.33. The molecule has 0 N–H and O–H groups in total. The summed E-state index contributed by atoms with van der Waals surface area (Å²) < 4.78 is 8.83. The monoisotopic (exact) mass is 459 g/mol. The number of hydrogen-bond acceptors (Lipinski definition) is 7. The van der Waals surface area contributed by atoms with Gasteiger partial charge in [0.05, 0.1) is 23.5 Å². The molecule has 1 saturated heterocycles. The van der Waals surface area contributed by atoms with E-state index in [-0.39, 0.29) is 30.2 Å². The van der Waals surface area contributed by atoms with Crippen LogP contribution in [0.25, 0.3) is 22.1 Å². The second kappa shape index (κ2) is 8.29. The average Bonchev–Trinajstić information content (AvgIpc) is 3.39. The Morgan fingerprint density at radius 2 is 2.03 bits per heavy atom. The molecule has 4 heterocycles. The molecule has 1 aliphatic heterocycles. The van der Waals surface area contributed by atoms with Crippen molar-refractivity contribution in [1.29, 1.82) is 5.26 Å². The van der Waals surface area contributed by atoms with Crippen LogP contribution >= 0.6 is 0 Å². The lowest BCUT2D eigenvalue weighted by atomic mass is 10.00. The molecule has 3 atom stereocenters. The number of aryl methyl sites for hydroxylation is 2. The predicted octanol–water partition coefficient (Wildman–Crippen LogP) is 3.37. The number of benzene rings is 1. The Kier molecular flexibility index (Phi) is 5.41. The Balaban J connectivity index is 1.45. The molecule has 9 nitrogen and oxygen atoms in total. The van der Waals surface area contributed by atoms with Crippen molar-refractivity contribution >= 4 is 27.8 Å². The molecule has 1 unspecified atom stereocenters. The normalized spacial score (nSPS) is 20.2. The summed E-state index contributed by atoms with van der Waals surface area (Å²) in [6.07, 6.45) is 1.78. The first-order valence-electron chi connectivity index (χ1n) is 11.6. The third kappa shape index (κ3) is 3.64. The van der Waals surface area contributed by atoms with Crippen molar-refractivity contribution in [3.05, 3.63) is 52.3 Å². The zero-order valence-electron chi connectivity index (χ0n) is 20.2. The molecule has 0 amide bonds. The molecule has 5 rings (SSSR count). The first-order chi connectivity index (χ1) is 16.3. The first-order valence-corrected chi connectivity index (χ1v) is 11.6. The van der Waals surface area contributed by atoms with Gasteiger partial charge in [-0.2, -0.15) is 10.4 Å². The Labute approximate surface area is 197 Å². The fraction of sp³-hybridized carbons (Fsp3) is 0.440. The van der Waals surface area contributed by atoms with Gasteiger partial charge in [0.2, 0.25) is 0 Å². The molecule has 1 aromatic carbocycles. The summed E-state index contributed by atoms with van der Waals surface area (Å²) in [5.41, 5.74) is 5.16. The summed E-state index contributed by atoms with van der Waals surface area (Å²) in [7, 11) is 1.74. The number of nitrogens with zero attached hydrogens (tertiary/aromatic N) is 7. The van der Waals surface area contributed by atoms with Gasteiger partial charge >= 0.3 is 0 Å². The number of pyridine rings is 1. The van der Waals surface area contributed by atoms with E-state index < -0.39 is 0 Å². The summed E-state index contributed by atoms with van der Waals surface area (Å²) >= 11 is 0. The fourth-order valence-corrected chi connectivity index (χ4v) is 5.15. The van der Waals surface area contributed by atoms with Gasteiger partial charge < -0.3 is 13.9 Å². The van der Waals surface area contributed by atoms with Crippen LogP contribution in [0.3, 0.4) is 0 Å². The lowest BCUT2D eigenvalue weighted by Gasteiger charge is -2.47. The van der Waals surface area contributed by atoms with E-state index in [0.717, 1.165) is 40.9 Å². The van der Waals surface area contributed by atoms with Crippen LogP contribution < -0.4 is 10.5 Å². The van der Waals surface area contributed by atoms with E-state index in [0.29, 0.717) is 5.89 Å². The minimum atomic E-state index is -0.0779. The molecule has 0 aliphatic carbocycles. The summed E-state index contributed by atoms with van der Waals surface area (Å²) in [5, 5.41) is 13.7. The van der Waals surface area contributed by atoms with Crippen molar-refractivity contribution in [2.24, 2.45) is 7.05 Å². The van der Waals surface area contributed by atoms with Crippen LogP contribution in [0.5, 0.6) is 0 Å². The van der Waals surface area contributed by atoms with Gasteiger partial charge in [-0.25, -0.2) is 4.98 Å². The van der Waals surface area contributed by atoms with Gasteiger partial charge in [-0.05, 0) is 38.5 Å². The number of aromatic nitrogens is 4. The maximum absolute atomic E-state index is 12.7. The van der Waals surface area contributed by atoms with E-state index in [1.807, 2.05) is 13.0 Å². The van der Waals surface area contributed by atoms with Crippen LogP contribution in [0.1, 0.15) is 38.3 Å². The number of piperazine rings is 1. The zero-order valence-corrected chi connectivity index (χ0v) is 20.2. The number of rotatable bonds is 4. The predicted molar refractivity (Wildman–Crippen MR) is 131 cm³/mol. The molecule has 1 aliphatic rings. The highest BCUT2D eigenvalue weighted by Gasteiger charge is 2.34. The molecule has 0 radical (unpaired) electrons. The SMILES string of the molecule is Cc1nc2cc(C(C)N3C[C@H](C)N(c4cc(=O)n(C)c5cn(CC#N)nc45)C[C@H]3C)ccc2o1. The number of oxazole rings is 1. The maximum Gasteiger partial charge on any atom is 0.252 e. The van der Waals surface area contributed by atoms with Crippen LogP contribution in [0.2, 0.25) is 0 Å². The van der Waals surface area contributed by atoms with Crippen molar-refractivity contribution in [3.8, 4) is 6.07 Å². The minimum absolute atomic E-state index is 0.0779. The Hall–Kier alpha value is -3.64. The lowest BCUT2D eigenvalue weighted by Crippen LogP contribution is -2.57. The number of fused-ring (bicyclic) bond motifs is 2. The highest BCUT2D eigenvalue weighted by atomic mass is 16.3. The van der Waals surface area contributed by atoms with Gasteiger partial charge in [-0.1, -0.05) is 6.07 Å². The van der Waals surface area contributed by atoms with E-state index in [9.17, 15) is 4.79 Å². The summed E-state index contributed by atoms with van der Waals surface area (Å²) in [6.45, 7) is 10.3. The minimum Gasteiger partial charge on any atom is -0.441 e. The van der Waals surface area contributed by atoms with Crippen LogP contribution in [0, 0.1) is 18.3 Å². The fourth-order valence-electron chi connectivity index (χ4n) is 5.15. The molecule has 0 bridgehead atoms. The van der Waals surface area contributed by atoms with Crippen LogP contribution in [0.15, 0.2) is 39.7 Å². The van der Waals surface area contributed by atoms with E-state index in [2.05, 4.69) is 58.9 Å². The third-order valence-corrected chi connectivity index (χ3v) is 7.01. The molecular formula is C25H29N7O2. The molecule has 0 saturated carbocycles. The Morgan fingerprint density at radius 3 is 2.79 bits per heavy atom. The largest absolute Gasteiger partial charge is 0.441 e. The van der Waals surface area contributed by atoms with Crippen LogP contribution in [0.4, 0.5) is 5.69 Å². The molecule has 4 aromatic rings. The van der Waals surface area contributed by atoms with Crippen LogP contribution in [-0.4, -0.2) is 49.4 Å². The molecule has 176 valence electrons. The van der Waals surface area contributed by atoms with Gasteiger partial charge in [0.15, 0.2) is 11.5 Å². The number of nitriles is 1. The summed E-state index contributed by atoms with van der Waals surface area (Å²) in [6, 6.07) is 10.7. The van der Waals surface area contributed by atoms with Gasteiger partial charge in [0.25, 0.3) is 5.56 Å². The van der Waals surface area contributed by atoms with Crippen molar-refractivity contribution in [2.75, 3.05) is 18.0 Å². The van der Waals surface area contributed by atoms with E-state index in [1.54, 1.807) is 28.6 Å². The summed E-state index contributed by atoms with van der Waals surface area (Å²) in [4.78, 5) is 22.0.